The average Bonchev–Trinajstić information content (AvgIpc) is 3.24. The number of pyridine rings is 1. The summed E-state index contributed by atoms with van der Waals surface area (Å²) >= 11 is 0. The van der Waals surface area contributed by atoms with Gasteiger partial charge in [-0.1, -0.05) is 37.3 Å². The molecule has 5 nitrogen and oxygen atoms in total. The van der Waals surface area contributed by atoms with Crippen LogP contribution in [-0.2, 0) is 0 Å². The summed E-state index contributed by atoms with van der Waals surface area (Å²) in [6.07, 6.45) is 3.39. The molecule has 1 N–H and O–H groups in total. The molecule has 0 aliphatic heterocycles. The first kappa shape index (κ1) is 19.5. The van der Waals surface area contributed by atoms with Crippen LogP contribution in [0, 0.1) is 5.82 Å². The Labute approximate surface area is 174 Å². The molecule has 0 aliphatic rings. The van der Waals surface area contributed by atoms with Gasteiger partial charge in [-0.3, -0.25) is 9.78 Å². The lowest BCUT2D eigenvalue weighted by Crippen LogP contribution is -2.28. The second kappa shape index (κ2) is 8.69. The normalized spacial score (nSPS) is 11.8. The third-order valence-electron chi connectivity index (χ3n) is 4.91. The first-order valence-electron chi connectivity index (χ1n) is 9.71. The lowest BCUT2D eigenvalue weighted by molar-refractivity contribution is 0.0946. The van der Waals surface area contributed by atoms with E-state index in [1.165, 1.54) is 12.1 Å². The van der Waals surface area contributed by atoms with Gasteiger partial charge in [0.2, 0.25) is 0 Å². The number of rotatable bonds is 6. The first-order valence-corrected chi connectivity index (χ1v) is 9.71. The Morgan fingerprint density at radius 2 is 1.83 bits per heavy atom. The molecule has 30 heavy (non-hydrogen) atoms. The Morgan fingerprint density at radius 3 is 2.53 bits per heavy atom. The van der Waals surface area contributed by atoms with Crippen LogP contribution in [0.1, 0.15) is 28.9 Å². The van der Waals surface area contributed by atoms with Crippen molar-refractivity contribution in [3.8, 4) is 16.9 Å². The SMILES string of the molecule is CC(CNC(=O)c1cc(-c2cccnc2)n(-c2ccc(F)cc2)n1)c1ccccc1. The van der Waals surface area contributed by atoms with Crippen molar-refractivity contribution in [3.63, 3.8) is 0 Å². The van der Waals surface area contributed by atoms with Gasteiger partial charge in [0.25, 0.3) is 5.91 Å². The van der Waals surface area contributed by atoms with Crippen LogP contribution < -0.4 is 5.32 Å². The number of benzene rings is 2. The maximum absolute atomic E-state index is 13.4. The quantitative estimate of drug-likeness (QED) is 0.514. The highest BCUT2D eigenvalue weighted by Crippen LogP contribution is 2.24. The zero-order chi connectivity index (χ0) is 20.9. The van der Waals surface area contributed by atoms with Crippen molar-refractivity contribution < 1.29 is 9.18 Å². The van der Waals surface area contributed by atoms with E-state index in [2.05, 4.69) is 22.3 Å². The fraction of sp³-hybridized carbons (Fsp3) is 0.125. The van der Waals surface area contributed by atoms with Crippen molar-refractivity contribution in [2.45, 2.75) is 12.8 Å². The number of hydrogen-bond donors (Lipinski definition) is 1. The summed E-state index contributed by atoms with van der Waals surface area (Å²) in [4.78, 5) is 17.0. The molecule has 0 fully saturated rings. The number of nitrogens with one attached hydrogen (secondary N) is 1. The molecule has 6 heteroatoms. The minimum atomic E-state index is -0.332. The molecule has 1 atom stereocenters. The van der Waals surface area contributed by atoms with Crippen molar-refractivity contribution in [1.82, 2.24) is 20.1 Å². The smallest absolute Gasteiger partial charge is 0.271 e. The van der Waals surface area contributed by atoms with E-state index in [0.717, 1.165) is 11.1 Å². The first-order chi connectivity index (χ1) is 14.6. The van der Waals surface area contributed by atoms with Gasteiger partial charge in [0.05, 0.1) is 11.4 Å². The number of carbonyl (C=O) groups excluding carboxylic acids is 1. The largest absolute Gasteiger partial charge is 0.350 e. The number of hydrogen-bond acceptors (Lipinski definition) is 3. The molecule has 1 amide bonds. The number of amides is 1. The predicted molar refractivity (Wildman–Crippen MR) is 114 cm³/mol. The van der Waals surface area contributed by atoms with Crippen LogP contribution >= 0.6 is 0 Å². The molecule has 150 valence electrons. The molecule has 4 aromatic rings. The van der Waals surface area contributed by atoms with E-state index in [0.29, 0.717) is 23.6 Å². The summed E-state index contributed by atoms with van der Waals surface area (Å²) in [7, 11) is 0. The second-order valence-corrected chi connectivity index (χ2v) is 7.07. The third kappa shape index (κ3) is 4.27. The topological polar surface area (TPSA) is 59.8 Å². The summed E-state index contributed by atoms with van der Waals surface area (Å²) < 4.78 is 15.0. The van der Waals surface area contributed by atoms with Gasteiger partial charge >= 0.3 is 0 Å². The van der Waals surface area contributed by atoms with Gasteiger partial charge in [-0.05, 0) is 53.9 Å². The van der Waals surface area contributed by atoms with E-state index in [1.807, 2.05) is 42.5 Å². The van der Waals surface area contributed by atoms with Gasteiger partial charge in [-0.25, -0.2) is 9.07 Å². The number of carbonyl (C=O) groups is 1. The summed E-state index contributed by atoms with van der Waals surface area (Å²) in [6.45, 7) is 2.56. The van der Waals surface area contributed by atoms with Crippen LogP contribution in [0.4, 0.5) is 4.39 Å². The van der Waals surface area contributed by atoms with Gasteiger partial charge < -0.3 is 5.32 Å². The van der Waals surface area contributed by atoms with Crippen molar-refractivity contribution in [3.05, 3.63) is 102 Å². The Bertz CT molecular complexity index is 1130. The Kier molecular flexibility index (Phi) is 5.66. The summed E-state index contributed by atoms with van der Waals surface area (Å²) in [5.41, 5.74) is 3.62. The van der Waals surface area contributed by atoms with E-state index in [-0.39, 0.29) is 17.6 Å². The molecule has 0 radical (unpaired) electrons. The molecule has 4 rings (SSSR count). The van der Waals surface area contributed by atoms with Crippen molar-refractivity contribution >= 4 is 5.91 Å². The number of aromatic nitrogens is 3. The monoisotopic (exact) mass is 400 g/mol. The molecule has 1 unspecified atom stereocenters. The van der Waals surface area contributed by atoms with Gasteiger partial charge in [-0.15, -0.1) is 0 Å². The molecule has 0 aliphatic carbocycles. The summed E-state index contributed by atoms with van der Waals surface area (Å²) in [5.74, 6) is -0.419. The fourth-order valence-corrected chi connectivity index (χ4v) is 3.23. The Balaban J connectivity index is 1.60. The van der Waals surface area contributed by atoms with Crippen LogP contribution in [0.2, 0.25) is 0 Å². The van der Waals surface area contributed by atoms with Crippen LogP contribution in [0.3, 0.4) is 0 Å². The standard InChI is InChI=1S/C24H21FN4O/c1-17(18-6-3-2-4-7-18)15-27-24(30)22-14-23(19-8-5-13-26-16-19)29(28-22)21-11-9-20(25)10-12-21/h2-14,16-17H,15H2,1H3,(H,27,30). The summed E-state index contributed by atoms with van der Waals surface area (Å²) in [6, 6.07) is 21.4. The molecular weight excluding hydrogens is 379 g/mol. The van der Waals surface area contributed by atoms with Crippen LogP contribution in [0.5, 0.6) is 0 Å². The zero-order valence-electron chi connectivity index (χ0n) is 16.5. The lowest BCUT2D eigenvalue weighted by Gasteiger charge is -2.12. The molecular formula is C24H21FN4O. The van der Waals surface area contributed by atoms with Gasteiger partial charge in [0.15, 0.2) is 5.69 Å². The Morgan fingerprint density at radius 1 is 1.07 bits per heavy atom. The molecule has 0 saturated heterocycles. The highest BCUT2D eigenvalue weighted by atomic mass is 19.1. The molecule has 2 heterocycles. The average molecular weight is 400 g/mol. The molecule has 0 spiro atoms. The minimum Gasteiger partial charge on any atom is -0.350 e. The van der Waals surface area contributed by atoms with E-state index in [9.17, 15) is 9.18 Å². The minimum absolute atomic E-state index is 0.173. The second-order valence-electron chi connectivity index (χ2n) is 7.07. The van der Waals surface area contributed by atoms with Crippen molar-refractivity contribution in [1.29, 1.82) is 0 Å². The highest BCUT2D eigenvalue weighted by molar-refractivity contribution is 5.93. The molecule has 2 aromatic heterocycles. The number of halogens is 1. The summed E-state index contributed by atoms with van der Waals surface area (Å²) in [5, 5.41) is 7.45. The predicted octanol–water partition coefficient (Wildman–Crippen LogP) is 4.61. The maximum atomic E-state index is 13.4. The van der Waals surface area contributed by atoms with E-state index >= 15 is 0 Å². The molecule has 0 saturated carbocycles. The molecule has 0 bridgehead atoms. The fourth-order valence-electron chi connectivity index (χ4n) is 3.23. The van der Waals surface area contributed by atoms with Gasteiger partial charge in [0, 0.05) is 24.5 Å². The van der Waals surface area contributed by atoms with Crippen molar-refractivity contribution in [2.24, 2.45) is 0 Å². The van der Waals surface area contributed by atoms with E-state index in [4.69, 9.17) is 0 Å². The lowest BCUT2D eigenvalue weighted by atomic mass is 10.0. The van der Waals surface area contributed by atoms with Gasteiger partial charge in [0.1, 0.15) is 5.82 Å². The highest BCUT2D eigenvalue weighted by Gasteiger charge is 2.18. The maximum Gasteiger partial charge on any atom is 0.271 e. The van der Waals surface area contributed by atoms with Gasteiger partial charge in [-0.2, -0.15) is 5.10 Å². The van der Waals surface area contributed by atoms with Crippen LogP contribution in [-0.4, -0.2) is 27.2 Å². The van der Waals surface area contributed by atoms with E-state index < -0.39 is 0 Å². The van der Waals surface area contributed by atoms with Crippen molar-refractivity contribution in [2.75, 3.05) is 6.54 Å². The zero-order valence-corrected chi connectivity index (χ0v) is 16.5. The Hall–Kier alpha value is -3.80. The number of nitrogens with zero attached hydrogens (tertiary/aromatic N) is 3. The van der Waals surface area contributed by atoms with Crippen LogP contribution in [0.25, 0.3) is 16.9 Å². The molecule has 2 aromatic carbocycles. The third-order valence-corrected chi connectivity index (χ3v) is 4.91. The van der Waals surface area contributed by atoms with Crippen LogP contribution in [0.15, 0.2) is 85.2 Å². The van der Waals surface area contributed by atoms with E-state index in [1.54, 1.807) is 35.3 Å².